The van der Waals surface area contributed by atoms with Crippen LogP contribution >= 0.6 is 0 Å². The molecule has 3 unspecified atom stereocenters. The molecule has 2 aliphatic carbocycles. The van der Waals surface area contributed by atoms with Gasteiger partial charge in [0.15, 0.2) is 6.10 Å². The number of carbonyl (C=O) groups is 4. The minimum atomic E-state index is -1.61. The number of aliphatic hydroxyl groups is 2. The SMILES string of the molecule is CC(C)(O)/C(=C/N)N(N)C1CC(C(=O)NC2(C(O)C(N)=O)CCC3(CC3)CC2)N(C(=O)CNC(=O)c2ccc3ccccc3c2)C1. The minimum Gasteiger partial charge on any atom is -0.403 e. The number of fused-ring (bicyclic) bond motifs is 1. The van der Waals surface area contributed by atoms with Gasteiger partial charge in [0.2, 0.25) is 17.7 Å². The lowest BCUT2D eigenvalue weighted by atomic mass is 9.71. The number of hydrogen-bond donors (Lipinski definition) is 7. The predicted molar refractivity (Wildman–Crippen MR) is 171 cm³/mol. The first kappa shape index (κ1) is 33.2. The predicted octanol–water partition coefficient (Wildman–Crippen LogP) is 0.341. The van der Waals surface area contributed by atoms with Gasteiger partial charge in [-0.15, -0.1) is 0 Å². The van der Waals surface area contributed by atoms with E-state index in [2.05, 4.69) is 10.6 Å². The van der Waals surface area contributed by atoms with Crippen LogP contribution < -0.4 is 27.9 Å². The van der Waals surface area contributed by atoms with Crippen molar-refractivity contribution in [3.05, 3.63) is 59.9 Å². The molecule has 13 heteroatoms. The van der Waals surface area contributed by atoms with Crippen molar-refractivity contribution < 1.29 is 29.4 Å². The molecule has 10 N–H and O–H groups in total. The van der Waals surface area contributed by atoms with E-state index in [-0.39, 0.29) is 24.1 Å². The van der Waals surface area contributed by atoms with Gasteiger partial charge < -0.3 is 42.2 Å². The van der Waals surface area contributed by atoms with Gasteiger partial charge in [-0.3, -0.25) is 19.2 Å². The Balaban J connectivity index is 1.35. The fraction of sp³-hybridized carbons (Fsp3) is 0.515. The Kier molecular flexibility index (Phi) is 9.04. The van der Waals surface area contributed by atoms with Crippen molar-refractivity contribution in [1.29, 1.82) is 0 Å². The highest BCUT2D eigenvalue weighted by Crippen LogP contribution is 2.58. The Hall–Kier alpha value is -4.20. The smallest absolute Gasteiger partial charge is 0.251 e. The quantitative estimate of drug-likeness (QED) is 0.141. The molecule has 46 heavy (non-hydrogen) atoms. The minimum absolute atomic E-state index is 0.0127. The van der Waals surface area contributed by atoms with Gasteiger partial charge in [-0.1, -0.05) is 30.3 Å². The van der Waals surface area contributed by atoms with Crippen molar-refractivity contribution in [2.75, 3.05) is 13.1 Å². The van der Waals surface area contributed by atoms with E-state index in [4.69, 9.17) is 17.3 Å². The van der Waals surface area contributed by atoms with Crippen LogP contribution in [0.2, 0.25) is 0 Å². The number of nitrogens with two attached hydrogens (primary N) is 3. The van der Waals surface area contributed by atoms with Crippen molar-refractivity contribution in [3.63, 3.8) is 0 Å². The van der Waals surface area contributed by atoms with Gasteiger partial charge in [-0.05, 0) is 80.7 Å². The van der Waals surface area contributed by atoms with E-state index < -0.39 is 59.5 Å². The molecule has 4 amide bonds. The largest absolute Gasteiger partial charge is 0.403 e. The van der Waals surface area contributed by atoms with Crippen LogP contribution in [0.15, 0.2) is 54.4 Å². The molecule has 1 spiro atoms. The highest BCUT2D eigenvalue weighted by atomic mass is 16.3. The summed E-state index contributed by atoms with van der Waals surface area (Å²) in [5, 5.41) is 30.3. The first-order chi connectivity index (χ1) is 21.7. The molecule has 5 rings (SSSR count). The molecule has 0 radical (unpaired) electrons. The number of amides is 4. The molecule has 2 aromatic rings. The molecule has 3 atom stereocenters. The summed E-state index contributed by atoms with van der Waals surface area (Å²) in [6.07, 6.45) is 4.00. The number of rotatable bonds is 10. The number of aliphatic hydroxyl groups excluding tert-OH is 1. The topological polar surface area (TPSA) is 217 Å². The van der Waals surface area contributed by atoms with Crippen molar-refractivity contribution in [2.24, 2.45) is 22.7 Å². The van der Waals surface area contributed by atoms with Crippen LogP contribution in [0.4, 0.5) is 0 Å². The highest BCUT2D eigenvalue weighted by Gasteiger charge is 2.54. The lowest BCUT2D eigenvalue weighted by molar-refractivity contribution is -0.142. The maximum Gasteiger partial charge on any atom is 0.251 e. The van der Waals surface area contributed by atoms with Crippen LogP contribution in [0.25, 0.3) is 10.8 Å². The Morgan fingerprint density at radius 3 is 2.28 bits per heavy atom. The molecule has 13 nitrogen and oxygen atoms in total. The lowest BCUT2D eigenvalue weighted by Gasteiger charge is -2.44. The van der Waals surface area contributed by atoms with Gasteiger partial charge in [0.1, 0.15) is 11.6 Å². The third kappa shape index (κ3) is 6.67. The monoisotopic (exact) mass is 635 g/mol. The van der Waals surface area contributed by atoms with Crippen LogP contribution in [0.5, 0.6) is 0 Å². The molecule has 1 saturated heterocycles. The van der Waals surface area contributed by atoms with Crippen LogP contribution in [-0.2, 0) is 14.4 Å². The Morgan fingerprint density at radius 2 is 1.70 bits per heavy atom. The molecular formula is C33H45N7O6. The number of hydrogen-bond acceptors (Lipinski definition) is 9. The summed E-state index contributed by atoms with van der Waals surface area (Å²) in [5.41, 5.74) is 9.40. The average molecular weight is 636 g/mol. The fourth-order valence-corrected chi connectivity index (χ4v) is 7.00. The summed E-state index contributed by atoms with van der Waals surface area (Å²) in [4.78, 5) is 54.2. The summed E-state index contributed by atoms with van der Waals surface area (Å²) >= 11 is 0. The van der Waals surface area contributed by atoms with Crippen LogP contribution in [0.3, 0.4) is 0 Å². The van der Waals surface area contributed by atoms with Gasteiger partial charge in [0.05, 0.1) is 23.8 Å². The molecule has 248 valence electrons. The molecule has 2 saturated carbocycles. The maximum atomic E-state index is 14.0. The zero-order valence-corrected chi connectivity index (χ0v) is 26.4. The molecule has 0 aromatic heterocycles. The molecule has 2 aromatic carbocycles. The number of benzene rings is 2. The Bertz CT molecular complexity index is 1540. The van der Waals surface area contributed by atoms with Gasteiger partial charge in [-0.2, -0.15) is 0 Å². The highest BCUT2D eigenvalue weighted by molar-refractivity contribution is 6.00. The standard InChI is InChI=1S/C33H45N7O6/c1-31(2,46)25(17-34)40(36)23-16-24(30(45)38-33(27(42)28(35)43)13-11-32(9-10-32)12-14-33)39(19-23)26(41)18-37-29(44)22-8-7-20-5-3-4-6-21(20)15-22/h3-8,15,17,23-24,27,42,46H,9-14,16,18-19,34,36H2,1-2H3,(H2,35,43)(H,37,44)(H,38,45)/b25-17-. The number of hydrazine groups is 1. The van der Waals surface area contributed by atoms with Gasteiger partial charge >= 0.3 is 0 Å². The van der Waals surface area contributed by atoms with E-state index >= 15 is 0 Å². The van der Waals surface area contributed by atoms with E-state index in [9.17, 15) is 29.4 Å². The number of nitrogens with one attached hydrogen (secondary N) is 2. The van der Waals surface area contributed by atoms with Crippen molar-refractivity contribution in [1.82, 2.24) is 20.5 Å². The second-order valence-electron chi connectivity index (χ2n) is 13.7. The van der Waals surface area contributed by atoms with Crippen molar-refractivity contribution in [3.8, 4) is 0 Å². The third-order valence-electron chi connectivity index (χ3n) is 10.1. The molecular weight excluding hydrogens is 590 g/mol. The molecule has 3 fully saturated rings. The normalized spacial score (nSPS) is 22.7. The van der Waals surface area contributed by atoms with E-state index in [0.717, 1.165) is 36.5 Å². The van der Waals surface area contributed by atoms with E-state index in [1.807, 2.05) is 30.3 Å². The van der Waals surface area contributed by atoms with Gasteiger partial charge in [-0.25, -0.2) is 5.84 Å². The van der Waals surface area contributed by atoms with Crippen molar-refractivity contribution in [2.45, 2.75) is 88.1 Å². The van der Waals surface area contributed by atoms with Gasteiger partial charge in [0.25, 0.3) is 5.91 Å². The van der Waals surface area contributed by atoms with Crippen molar-refractivity contribution >= 4 is 34.4 Å². The summed E-state index contributed by atoms with van der Waals surface area (Å²) in [7, 11) is 0. The second-order valence-corrected chi connectivity index (χ2v) is 13.7. The van der Waals surface area contributed by atoms with Gasteiger partial charge in [0, 0.05) is 24.7 Å². The van der Waals surface area contributed by atoms with Crippen LogP contribution in [0.1, 0.15) is 69.2 Å². The Morgan fingerprint density at radius 1 is 1.07 bits per heavy atom. The van der Waals surface area contributed by atoms with Crippen LogP contribution in [-0.4, -0.2) is 86.2 Å². The van der Waals surface area contributed by atoms with E-state index in [1.165, 1.54) is 30.0 Å². The fourth-order valence-electron chi connectivity index (χ4n) is 7.00. The first-order valence-corrected chi connectivity index (χ1v) is 15.7. The number of nitrogens with zero attached hydrogens (tertiary/aromatic N) is 2. The maximum absolute atomic E-state index is 14.0. The second kappa shape index (κ2) is 12.5. The zero-order chi connectivity index (χ0) is 33.4. The number of carbonyl (C=O) groups excluding carboxylic acids is 4. The lowest BCUT2D eigenvalue weighted by Crippen LogP contribution is -2.64. The molecule has 3 aliphatic rings. The summed E-state index contributed by atoms with van der Waals surface area (Å²) in [5.74, 6) is 3.92. The third-order valence-corrected chi connectivity index (χ3v) is 10.1. The molecule has 1 heterocycles. The number of likely N-dealkylation sites (tertiary alicyclic amines) is 1. The summed E-state index contributed by atoms with van der Waals surface area (Å²) in [6, 6.07) is 11.1. The summed E-state index contributed by atoms with van der Waals surface area (Å²) < 4.78 is 0. The Labute approximate surface area is 268 Å². The molecule has 0 bridgehead atoms. The van der Waals surface area contributed by atoms with E-state index in [1.54, 1.807) is 12.1 Å². The molecule has 1 aliphatic heterocycles. The number of primary amides is 1. The van der Waals surface area contributed by atoms with E-state index in [0.29, 0.717) is 18.4 Å². The average Bonchev–Trinajstić information content (AvgIpc) is 3.63. The zero-order valence-electron chi connectivity index (χ0n) is 26.4. The van der Waals surface area contributed by atoms with Crippen LogP contribution in [0, 0.1) is 5.41 Å². The summed E-state index contributed by atoms with van der Waals surface area (Å²) in [6.45, 7) is 2.62. The first-order valence-electron chi connectivity index (χ1n) is 15.7.